The van der Waals surface area contributed by atoms with Crippen LogP contribution in [0.2, 0.25) is 0 Å². The third kappa shape index (κ3) is 4.02. The second-order valence-corrected chi connectivity index (χ2v) is 12.3. The first-order valence-electron chi connectivity index (χ1n) is 7.63. The van der Waals surface area contributed by atoms with Gasteiger partial charge in [-0.2, -0.15) is 0 Å². The minimum absolute atomic E-state index is 0.0771. The van der Waals surface area contributed by atoms with Crippen LogP contribution in [0.25, 0.3) is 10.9 Å². The maximum atomic E-state index is 13.3. The number of nitrogens with zero attached hydrogens (tertiary/aromatic N) is 2. The fourth-order valence-electron chi connectivity index (χ4n) is 2.95. The predicted molar refractivity (Wildman–Crippen MR) is 103 cm³/mol. The van der Waals surface area contributed by atoms with Crippen LogP contribution in [0.15, 0.2) is 41.4 Å². The average molecular weight is 472 g/mol. The van der Waals surface area contributed by atoms with Crippen LogP contribution in [-0.2, 0) is 24.7 Å². The number of rotatable bonds is 3. The van der Waals surface area contributed by atoms with Crippen LogP contribution >= 0.6 is 34.8 Å². The zero-order chi connectivity index (χ0) is 20.0. The van der Waals surface area contributed by atoms with Gasteiger partial charge in [-0.15, -0.1) is 0 Å². The average Bonchev–Trinajstić information content (AvgIpc) is 2.92. The Bertz CT molecular complexity index is 1110. The van der Waals surface area contributed by atoms with E-state index < -0.39 is 41.4 Å². The first-order valence-corrected chi connectivity index (χ1v) is 12.0. The third-order valence-electron chi connectivity index (χ3n) is 4.12. The SMILES string of the molecule is O=C(N([C@@H]1CCS(=O)(=O)C1)S(=O)(=O)c1cccc2cccnc12)C(Cl)(Cl)Cl. The second kappa shape index (κ2) is 7.04. The van der Waals surface area contributed by atoms with Crippen LogP contribution in [0, 0.1) is 0 Å². The summed E-state index contributed by atoms with van der Waals surface area (Å²) in [6.07, 6.45) is 1.33. The van der Waals surface area contributed by atoms with E-state index in [2.05, 4.69) is 4.98 Å². The van der Waals surface area contributed by atoms with Gasteiger partial charge in [0.2, 0.25) is 0 Å². The first kappa shape index (κ1) is 20.6. The quantitative estimate of drug-likeness (QED) is 0.637. The van der Waals surface area contributed by atoms with Gasteiger partial charge in [0, 0.05) is 11.6 Å². The summed E-state index contributed by atoms with van der Waals surface area (Å²) in [6.45, 7) is 0. The molecule has 1 aromatic carbocycles. The maximum absolute atomic E-state index is 13.3. The number of hydrogen-bond acceptors (Lipinski definition) is 6. The molecule has 7 nitrogen and oxygen atoms in total. The van der Waals surface area contributed by atoms with Crippen molar-refractivity contribution in [1.82, 2.24) is 9.29 Å². The van der Waals surface area contributed by atoms with Crippen molar-refractivity contribution in [2.75, 3.05) is 11.5 Å². The number of carbonyl (C=O) groups excluding carboxylic acids is 1. The van der Waals surface area contributed by atoms with Gasteiger partial charge in [0.1, 0.15) is 4.90 Å². The smallest absolute Gasteiger partial charge is 0.269 e. The number of benzene rings is 1. The molecule has 2 aromatic rings. The van der Waals surface area contributed by atoms with Crippen molar-refractivity contribution in [3.05, 3.63) is 36.5 Å². The lowest BCUT2D eigenvalue weighted by molar-refractivity contribution is -0.126. The molecule has 1 amide bonds. The Morgan fingerprint density at radius 3 is 2.44 bits per heavy atom. The topological polar surface area (TPSA) is 101 Å². The van der Waals surface area contributed by atoms with Crippen molar-refractivity contribution >= 4 is 71.5 Å². The predicted octanol–water partition coefficient (Wildman–Crippen LogP) is 2.31. The molecular formula is C15H13Cl3N2O5S2. The zero-order valence-corrected chi connectivity index (χ0v) is 17.4. The molecule has 146 valence electrons. The van der Waals surface area contributed by atoms with E-state index in [1.807, 2.05) is 0 Å². The lowest BCUT2D eigenvalue weighted by atomic mass is 10.2. The summed E-state index contributed by atoms with van der Waals surface area (Å²) in [5.41, 5.74) is 0.128. The number of halogens is 3. The lowest BCUT2D eigenvalue weighted by Crippen LogP contribution is -2.49. The van der Waals surface area contributed by atoms with Gasteiger partial charge in [-0.05, 0) is 18.6 Å². The van der Waals surface area contributed by atoms with E-state index in [0.29, 0.717) is 9.69 Å². The van der Waals surface area contributed by atoms with Gasteiger partial charge in [0.25, 0.3) is 19.7 Å². The van der Waals surface area contributed by atoms with Crippen molar-refractivity contribution in [1.29, 1.82) is 0 Å². The van der Waals surface area contributed by atoms with E-state index in [-0.39, 0.29) is 22.6 Å². The summed E-state index contributed by atoms with van der Waals surface area (Å²) in [5, 5.41) is 0.527. The van der Waals surface area contributed by atoms with Crippen LogP contribution in [0.5, 0.6) is 0 Å². The molecule has 0 unspecified atom stereocenters. The monoisotopic (exact) mass is 470 g/mol. The molecule has 3 rings (SSSR count). The maximum Gasteiger partial charge on any atom is 0.288 e. The molecule has 2 heterocycles. The van der Waals surface area contributed by atoms with Crippen LogP contribution in [0.1, 0.15) is 6.42 Å². The number of pyridine rings is 1. The molecule has 0 aliphatic carbocycles. The minimum atomic E-state index is -4.54. The van der Waals surface area contributed by atoms with Crippen molar-refractivity contribution in [2.45, 2.75) is 21.2 Å². The highest BCUT2D eigenvalue weighted by molar-refractivity contribution is 7.92. The van der Waals surface area contributed by atoms with E-state index in [1.165, 1.54) is 18.3 Å². The van der Waals surface area contributed by atoms with Crippen LogP contribution in [-0.4, -0.2) is 53.4 Å². The van der Waals surface area contributed by atoms with Crippen molar-refractivity contribution < 1.29 is 21.6 Å². The van der Waals surface area contributed by atoms with Gasteiger partial charge < -0.3 is 0 Å². The third-order valence-corrected chi connectivity index (χ3v) is 8.22. The summed E-state index contributed by atoms with van der Waals surface area (Å²) < 4.78 is 48.2. The largest absolute Gasteiger partial charge is 0.288 e. The standard InChI is InChI=1S/C15H13Cl3N2O5S2/c16-15(17,18)14(21)20(11-6-8-26(22,23)9-11)27(24,25)12-5-1-3-10-4-2-7-19-13(10)12/h1-5,7,11H,6,8-9H2/t11-/m1/s1. The molecule has 1 saturated heterocycles. The highest BCUT2D eigenvalue weighted by Gasteiger charge is 2.48. The van der Waals surface area contributed by atoms with E-state index in [9.17, 15) is 21.6 Å². The summed E-state index contributed by atoms with van der Waals surface area (Å²) in [6, 6.07) is 6.53. The van der Waals surface area contributed by atoms with E-state index in [4.69, 9.17) is 34.8 Å². The highest BCUT2D eigenvalue weighted by Crippen LogP contribution is 2.35. The first-order chi connectivity index (χ1) is 12.4. The molecule has 1 fully saturated rings. The fraction of sp³-hybridized carbons (Fsp3) is 0.333. The molecule has 1 atom stereocenters. The normalized spacial score (nSPS) is 19.9. The number of hydrogen-bond donors (Lipinski definition) is 0. The number of para-hydroxylation sites is 1. The fourth-order valence-corrected chi connectivity index (χ4v) is 6.97. The Kier molecular flexibility index (Phi) is 5.37. The molecule has 0 N–H and O–H groups in total. The number of alkyl halides is 3. The summed E-state index contributed by atoms with van der Waals surface area (Å²) in [4.78, 5) is 16.5. The number of amides is 1. The van der Waals surface area contributed by atoms with Crippen LogP contribution in [0.4, 0.5) is 0 Å². The van der Waals surface area contributed by atoms with E-state index in [0.717, 1.165) is 0 Å². The molecule has 1 aliphatic heterocycles. The summed E-state index contributed by atoms with van der Waals surface area (Å²) in [5.74, 6) is -2.12. The van der Waals surface area contributed by atoms with Crippen LogP contribution < -0.4 is 0 Å². The van der Waals surface area contributed by atoms with Gasteiger partial charge in [-0.1, -0.05) is 53.0 Å². The molecule has 0 spiro atoms. The molecule has 27 heavy (non-hydrogen) atoms. The van der Waals surface area contributed by atoms with Gasteiger partial charge >= 0.3 is 0 Å². The highest BCUT2D eigenvalue weighted by atomic mass is 35.6. The van der Waals surface area contributed by atoms with Gasteiger partial charge in [-0.25, -0.2) is 21.1 Å². The molecule has 12 heteroatoms. The van der Waals surface area contributed by atoms with Crippen molar-refractivity contribution in [3.8, 4) is 0 Å². The number of sulfone groups is 1. The van der Waals surface area contributed by atoms with Crippen LogP contribution in [0.3, 0.4) is 0 Å². The van der Waals surface area contributed by atoms with Crippen molar-refractivity contribution in [3.63, 3.8) is 0 Å². The molecule has 1 aromatic heterocycles. The van der Waals surface area contributed by atoms with Crippen molar-refractivity contribution in [2.24, 2.45) is 0 Å². The Hall–Kier alpha value is -1.13. The lowest BCUT2D eigenvalue weighted by Gasteiger charge is -2.30. The molecular weight excluding hydrogens is 459 g/mol. The molecule has 0 bridgehead atoms. The van der Waals surface area contributed by atoms with Gasteiger partial charge in [-0.3, -0.25) is 9.78 Å². The Balaban J connectivity index is 2.20. The molecule has 0 radical (unpaired) electrons. The minimum Gasteiger partial charge on any atom is -0.269 e. The Morgan fingerprint density at radius 2 is 1.85 bits per heavy atom. The summed E-state index contributed by atoms with van der Waals surface area (Å²) >= 11 is 16.9. The van der Waals surface area contributed by atoms with Gasteiger partial charge in [0.15, 0.2) is 9.84 Å². The van der Waals surface area contributed by atoms with E-state index in [1.54, 1.807) is 18.2 Å². The zero-order valence-electron chi connectivity index (χ0n) is 13.5. The molecule has 1 aliphatic rings. The van der Waals surface area contributed by atoms with Gasteiger partial charge in [0.05, 0.1) is 23.1 Å². The Morgan fingerprint density at radius 1 is 1.19 bits per heavy atom. The Labute approximate surface area is 171 Å². The number of carbonyl (C=O) groups is 1. The van der Waals surface area contributed by atoms with E-state index >= 15 is 0 Å². The molecule has 0 saturated carbocycles. The number of aromatic nitrogens is 1. The second-order valence-electron chi connectivity index (χ2n) is 5.99. The number of sulfonamides is 1. The number of fused-ring (bicyclic) bond motifs is 1. The summed E-state index contributed by atoms with van der Waals surface area (Å²) in [7, 11) is -8.05.